The minimum atomic E-state index is 0.410. The van der Waals surface area contributed by atoms with Crippen molar-refractivity contribution in [1.29, 1.82) is 0 Å². The molecule has 0 radical (unpaired) electrons. The third-order valence-corrected chi connectivity index (χ3v) is 4.20. The van der Waals surface area contributed by atoms with Crippen molar-refractivity contribution in [2.75, 3.05) is 13.6 Å². The summed E-state index contributed by atoms with van der Waals surface area (Å²) in [6.45, 7) is 5.54. The highest BCUT2D eigenvalue weighted by atomic mass is 14.8. The van der Waals surface area contributed by atoms with Crippen LogP contribution in [0.1, 0.15) is 42.4 Å². The summed E-state index contributed by atoms with van der Waals surface area (Å²) < 4.78 is 0. The van der Waals surface area contributed by atoms with E-state index < -0.39 is 0 Å². The summed E-state index contributed by atoms with van der Waals surface area (Å²) in [5.41, 5.74) is 4.79. The Hall–Kier alpha value is -0.820. The van der Waals surface area contributed by atoms with Gasteiger partial charge in [-0.3, -0.25) is 0 Å². The van der Waals surface area contributed by atoms with Crippen molar-refractivity contribution in [3.8, 4) is 0 Å². The van der Waals surface area contributed by atoms with Crippen LogP contribution in [0.3, 0.4) is 0 Å². The summed E-state index contributed by atoms with van der Waals surface area (Å²) >= 11 is 0. The molecular weight excluding hydrogens is 194 g/mol. The van der Waals surface area contributed by atoms with Crippen LogP contribution in [0.25, 0.3) is 0 Å². The lowest BCUT2D eigenvalue weighted by atomic mass is 9.78. The third-order valence-electron chi connectivity index (χ3n) is 4.20. The monoisotopic (exact) mass is 217 g/mol. The Morgan fingerprint density at radius 3 is 2.38 bits per heavy atom. The van der Waals surface area contributed by atoms with Crippen LogP contribution in [0.5, 0.6) is 0 Å². The van der Waals surface area contributed by atoms with Crippen LogP contribution >= 0.6 is 0 Å². The van der Waals surface area contributed by atoms with Crippen LogP contribution in [0.2, 0.25) is 0 Å². The van der Waals surface area contributed by atoms with Crippen LogP contribution in [-0.4, -0.2) is 13.6 Å². The molecule has 0 bridgehead atoms. The van der Waals surface area contributed by atoms with Gasteiger partial charge in [0.05, 0.1) is 0 Å². The van der Waals surface area contributed by atoms with Gasteiger partial charge in [-0.15, -0.1) is 0 Å². The maximum Gasteiger partial charge on any atom is 0.00777 e. The number of likely N-dealkylation sites (N-methyl/N-ethyl adjacent to an activating group) is 1. The molecule has 88 valence electrons. The lowest BCUT2D eigenvalue weighted by molar-refractivity contribution is 0.420. The van der Waals surface area contributed by atoms with Crippen molar-refractivity contribution < 1.29 is 0 Å². The maximum atomic E-state index is 3.38. The molecule has 0 amide bonds. The predicted octanol–water partition coefficient (Wildman–Crippen LogP) is 3.33. The van der Waals surface area contributed by atoms with Crippen LogP contribution in [0.4, 0.5) is 0 Å². The van der Waals surface area contributed by atoms with Crippen molar-refractivity contribution >= 4 is 0 Å². The van der Waals surface area contributed by atoms with Gasteiger partial charge >= 0.3 is 0 Å². The Kier molecular flexibility index (Phi) is 3.34. The molecule has 0 spiro atoms. The molecule has 1 N–H and O–H groups in total. The van der Waals surface area contributed by atoms with E-state index in [1.54, 1.807) is 5.56 Å². The van der Waals surface area contributed by atoms with E-state index >= 15 is 0 Å². The fourth-order valence-electron chi connectivity index (χ4n) is 3.03. The van der Waals surface area contributed by atoms with Gasteiger partial charge in [0, 0.05) is 12.0 Å². The molecule has 0 saturated heterocycles. The molecule has 1 saturated carbocycles. The number of rotatable bonds is 3. The van der Waals surface area contributed by atoms with Gasteiger partial charge in [-0.2, -0.15) is 0 Å². The molecule has 0 atom stereocenters. The molecule has 0 aromatic heterocycles. The average Bonchev–Trinajstić information content (AvgIpc) is 2.72. The second kappa shape index (κ2) is 4.58. The number of hydrogen-bond donors (Lipinski definition) is 1. The molecule has 0 aliphatic heterocycles. The lowest BCUT2D eigenvalue weighted by Gasteiger charge is -2.30. The molecule has 0 unspecified atom stereocenters. The van der Waals surface area contributed by atoms with E-state index in [4.69, 9.17) is 0 Å². The highest BCUT2D eigenvalue weighted by Crippen LogP contribution is 2.41. The third kappa shape index (κ3) is 2.01. The molecule has 1 aliphatic carbocycles. The average molecular weight is 217 g/mol. The van der Waals surface area contributed by atoms with Crippen molar-refractivity contribution in [1.82, 2.24) is 5.32 Å². The molecule has 1 heteroatoms. The van der Waals surface area contributed by atoms with E-state index in [1.807, 2.05) is 0 Å². The zero-order valence-corrected chi connectivity index (χ0v) is 10.8. The van der Waals surface area contributed by atoms with E-state index in [0.717, 1.165) is 6.54 Å². The zero-order chi connectivity index (χ0) is 11.6. The Morgan fingerprint density at radius 2 is 1.81 bits per heavy atom. The topological polar surface area (TPSA) is 12.0 Å². The normalized spacial score (nSPS) is 18.9. The molecule has 16 heavy (non-hydrogen) atoms. The number of benzene rings is 1. The summed E-state index contributed by atoms with van der Waals surface area (Å²) in [6, 6.07) is 7.02. The van der Waals surface area contributed by atoms with Gasteiger partial charge in [-0.25, -0.2) is 0 Å². The van der Waals surface area contributed by atoms with Crippen molar-refractivity contribution in [3.05, 3.63) is 34.9 Å². The highest BCUT2D eigenvalue weighted by Gasteiger charge is 2.34. The van der Waals surface area contributed by atoms with Gasteiger partial charge in [-0.05, 0) is 50.4 Å². The van der Waals surface area contributed by atoms with Crippen LogP contribution < -0.4 is 5.32 Å². The Balaban J connectivity index is 2.35. The number of nitrogens with one attached hydrogen (secondary N) is 1. The first-order valence-electron chi connectivity index (χ1n) is 6.40. The highest BCUT2D eigenvalue weighted by molar-refractivity contribution is 5.35. The smallest absolute Gasteiger partial charge is 0.00777 e. The summed E-state index contributed by atoms with van der Waals surface area (Å²) in [7, 11) is 2.07. The van der Waals surface area contributed by atoms with Gasteiger partial charge in [0.15, 0.2) is 0 Å². The first kappa shape index (κ1) is 11.7. The van der Waals surface area contributed by atoms with Gasteiger partial charge in [0.25, 0.3) is 0 Å². The van der Waals surface area contributed by atoms with E-state index in [2.05, 4.69) is 44.4 Å². The molecular formula is C15H23N. The van der Waals surface area contributed by atoms with Crippen LogP contribution in [0.15, 0.2) is 18.2 Å². The molecule has 2 rings (SSSR count). The minimum Gasteiger partial charge on any atom is -0.319 e. The van der Waals surface area contributed by atoms with E-state index in [0.29, 0.717) is 5.41 Å². The molecule has 1 nitrogen and oxygen atoms in total. The summed E-state index contributed by atoms with van der Waals surface area (Å²) in [5.74, 6) is 0. The fourth-order valence-corrected chi connectivity index (χ4v) is 3.03. The van der Waals surface area contributed by atoms with Crippen molar-refractivity contribution in [2.24, 2.45) is 0 Å². The largest absolute Gasteiger partial charge is 0.319 e. The summed E-state index contributed by atoms with van der Waals surface area (Å²) in [4.78, 5) is 0. The van der Waals surface area contributed by atoms with Gasteiger partial charge in [-0.1, -0.05) is 31.0 Å². The van der Waals surface area contributed by atoms with Crippen molar-refractivity contribution in [2.45, 2.75) is 44.9 Å². The number of aryl methyl sites for hydroxylation is 2. The quantitative estimate of drug-likeness (QED) is 0.819. The summed E-state index contributed by atoms with van der Waals surface area (Å²) in [5, 5.41) is 3.38. The van der Waals surface area contributed by atoms with Gasteiger partial charge in [0.2, 0.25) is 0 Å². The minimum absolute atomic E-state index is 0.410. The van der Waals surface area contributed by atoms with Crippen molar-refractivity contribution in [3.63, 3.8) is 0 Å². The fraction of sp³-hybridized carbons (Fsp3) is 0.600. The van der Waals surface area contributed by atoms with E-state index in [9.17, 15) is 0 Å². The Bertz CT molecular complexity index is 362. The van der Waals surface area contributed by atoms with Gasteiger partial charge < -0.3 is 5.32 Å². The molecule has 1 aromatic carbocycles. The van der Waals surface area contributed by atoms with Crippen LogP contribution in [-0.2, 0) is 5.41 Å². The van der Waals surface area contributed by atoms with Crippen LogP contribution in [0, 0.1) is 13.8 Å². The molecule has 1 fully saturated rings. The first-order valence-corrected chi connectivity index (χ1v) is 6.40. The van der Waals surface area contributed by atoms with Gasteiger partial charge in [0.1, 0.15) is 0 Å². The second-order valence-electron chi connectivity index (χ2n) is 5.32. The Morgan fingerprint density at radius 1 is 1.12 bits per heavy atom. The molecule has 1 aliphatic rings. The predicted molar refractivity (Wildman–Crippen MR) is 70.0 cm³/mol. The second-order valence-corrected chi connectivity index (χ2v) is 5.32. The van der Waals surface area contributed by atoms with E-state index in [-0.39, 0.29) is 0 Å². The maximum absolute atomic E-state index is 3.38. The SMILES string of the molecule is CNCC1(c2ccc(C)c(C)c2)CCCC1. The summed E-state index contributed by atoms with van der Waals surface area (Å²) in [6.07, 6.45) is 5.45. The Labute approximate surface area is 99.3 Å². The first-order chi connectivity index (χ1) is 7.68. The molecule has 1 aromatic rings. The van der Waals surface area contributed by atoms with E-state index in [1.165, 1.54) is 36.8 Å². The lowest BCUT2D eigenvalue weighted by Crippen LogP contribution is -2.34. The zero-order valence-electron chi connectivity index (χ0n) is 10.8. The molecule has 0 heterocycles. The number of hydrogen-bond acceptors (Lipinski definition) is 1. The standard InChI is InChI=1S/C15H23N/c1-12-6-7-14(10-13(12)2)15(11-16-3)8-4-5-9-15/h6-7,10,16H,4-5,8-9,11H2,1-3H3.